The summed E-state index contributed by atoms with van der Waals surface area (Å²) < 4.78 is 18.1. The number of nitrogens with two attached hydrogens (primary N) is 1. The zero-order valence-electron chi connectivity index (χ0n) is 19.3. The molecule has 34 heavy (non-hydrogen) atoms. The van der Waals surface area contributed by atoms with Crippen LogP contribution in [0.3, 0.4) is 0 Å². The molecule has 0 aromatic carbocycles. The maximum atomic E-state index is 12.5. The predicted octanol–water partition coefficient (Wildman–Crippen LogP) is 1.52. The van der Waals surface area contributed by atoms with Gasteiger partial charge in [0.25, 0.3) is 0 Å². The quantitative estimate of drug-likeness (QED) is 0.557. The predicted molar refractivity (Wildman–Crippen MR) is 117 cm³/mol. The van der Waals surface area contributed by atoms with E-state index in [1.807, 2.05) is 6.07 Å². The van der Waals surface area contributed by atoms with Gasteiger partial charge in [0.15, 0.2) is 5.82 Å². The molecule has 11 heteroatoms. The minimum atomic E-state index is -1.95. The van der Waals surface area contributed by atoms with Crippen LogP contribution >= 0.6 is 0 Å². The van der Waals surface area contributed by atoms with Crippen molar-refractivity contribution in [1.82, 2.24) is 14.6 Å². The van der Waals surface area contributed by atoms with Crippen LogP contribution in [0.5, 0.6) is 0 Å². The zero-order chi connectivity index (χ0) is 24.5. The van der Waals surface area contributed by atoms with E-state index in [0.29, 0.717) is 11.4 Å². The average molecular weight is 472 g/mol. The first-order valence-electron chi connectivity index (χ1n) is 11.4. The van der Waals surface area contributed by atoms with Gasteiger partial charge in [-0.25, -0.2) is 14.3 Å². The third kappa shape index (κ3) is 2.95. The van der Waals surface area contributed by atoms with Crippen molar-refractivity contribution in [2.24, 2.45) is 16.7 Å². The molecule has 0 unspecified atom stereocenters. The second-order valence-corrected chi connectivity index (χ2v) is 10.4. The number of fused-ring (bicyclic) bond motifs is 3. The van der Waals surface area contributed by atoms with Crippen molar-refractivity contribution in [2.75, 3.05) is 12.3 Å². The summed E-state index contributed by atoms with van der Waals surface area (Å²) in [6, 6.07) is 5.06. The summed E-state index contributed by atoms with van der Waals surface area (Å²) in [6.07, 6.45) is -1.25. The Balaban J connectivity index is 1.29. The molecule has 3 fully saturated rings. The number of carbonyl (C=O) groups is 1. The second kappa shape index (κ2) is 7.53. The number of nitrogen functional groups attached to an aromatic ring is 1. The standard InChI is InChI=1S/C23H29N5O6/c1-21(2)12-6-7-22(21,3)16(8-12)33-20(31)32-9-14-17(29)18(30)23(10-24,34-14)15-5-4-13-19(25)26-11-27-28(13)15/h4-5,11-12,14,16-18,29-30H,6-9H2,1-3H3,(H2,25,26,27)/t12-,14-,16+,17-,18-,22+,23+/m1/s1. The summed E-state index contributed by atoms with van der Waals surface area (Å²) in [5.74, 6) is 0.680. The molecule has 182 valence electrons. The van der Waals surface area contributed by atoms with E-state index in [1.54, 1.807) is 6.07 Å². The van der Waals surface area contributed by atoms with E-state index < -0.39 is 36.7 Å². The fraction of sp³-hybridized carbons (Fsp3) is 0.652. The lowest BCUT2D eigenvalue weighted by Gasteiger charge is -2.38. The Hall–Kier alpha value is -2.94. The molecule has 2 aromatic heterocycles. The van der Waals surface area contributed by atoms with E-state index in [9.17, 15) is 20.3 Å². The molecule has 11 nitrogen and oxygen atoms in total. The highest BCUT2D eigenvalue weighted by molar-refractivity contribution is 5.66. The first kappa shape index (κ1) is 22.8. The Labute approximate surface area is 196 Å². The summed E-state index contributed by atoms with van der Waals surface area (Å²) in [4.78, 5) is 16.4. The monoisotopic (exact) mass is 471 g/mol. The number of nitriles is 1. The molecule has 0 radical (unpaired) electrons. The van der Waals surface area contributed by atoms with Gasteiger partial charge in [-0.1, -0.05) is 20.8 Å². The van der Waals surface area contributed by atoms with Crippen LogP contribution < -0.4 is 5.73 Å². The van der Waals surface area contributed by atoms with Gasteiger partial charge in [0.2, 0.25) is 5.60 Å². The van der Waals surface area contributed by atoms with Gasteiger partial charge < -0.3 is 30.2 Å². The van der Waals surface area contributed by atoms with Crippen LogP contribution in [0.15, 0.2) is 18.5 Å². The Morgan fingerprint density at radius 1 is 1.38 bits per heavy atom. The molecule has 2 bridgehead atoms. The SMILES string of the molecule is CC1(C)[C@@H]2CC[C@@]1(C)[C@@H](OC(=O)OC[C@H]1O[C@@](C#N)(c3ccc4c(N)ncnn34)[C@H](O)[C@@H]1O)C2. The first-order chi connectivity index (χ1) is 16.0. The number of ether oxygens (including phenoxy) is 3. The molecule has 0 amide bonds. The largest absolute Gasteiger partial charge is 0.508 e. The minimum Gasteiger partial charge on any atom is -0.431 e. The maximum absolute atomic E-state index is 12.5. The first-order valence-corrected chi connectivity index (χ1v) is 11.4. The number of aromatic nitrogens is 3. The number of rotatable bonds is 4. The molecule has 5 rings (SSSR count). The van der Waals surface area contributed by atoms with E-state index in [2.05, 4.69) is 30.9 Å². The van der Waals surface area contributed by atoms with E-state index in [4.69, 9.17) is 19.9 Å². The number of aliphatic hydroxyl groups is 2. The van der Waals surface area contributed by atoms with Gasteiger partial charge in [-0.05, 0) is 42.7 Å². The highest BCUT2D eigenvalue weighted by Crippen LogP contribution is 2.66. The minimum absolute atomic E-state index is 0.0755. The lowest BCUT2D eigenvalue weighted by Crippen LogP contribution is -2.41. The normalized spacial score (nSPS) is 38.2. The Morgan fingerprint density at radius 3 is 2.79 bits per heavy atom. The van der Waals surface area contributed by atoms with E-state index >= 15 is 0 Å². The summed E-state index contributed by atoms with van der Waals surface area (Å²) in [5, 5.41) is 35.4. The van der Waals surface area contributed by atoms with Crippen molar-refractivity contribution in [3.63, 3.8) is 0 Å². The molecule has 2 aromatic rings. The lowest BCUT2D eigenvalue weighted by molar-refractivity contribution is -0.0831. The number of anilines is 1. The molecule has 0 spiro atoms. The van der Waals surface area contributed by atoms with Crippen LogP contribution in [0.2, 0.25) is 0 Å². The van der Waals surface area contributed by atoms with Crippen LogP contribution in [-0.4, -0.2) is 62.0 Å². The molecule has 4 N–H and O–H groups in total. The molecule has 3 heterocycles. The Kier molecular flexibility index (Phi) is 5.06. The van der Waals surface area contributed by atoms with E-state index in [1.165, 1.54) is 16.9 Å². The number of carbonyl (C=O) groups excluding carboxylic acids is 1. The fourth-order valence-electron chi connectivity index (χ4n) is 6.16. The van der Waals surface area contributed by atoms with Gasteiger partial charge in [-0.15, -0.1) is 0 Å². The van der Waals surface area contributed by atoms with Crippen molar-refractivity contribution >= 4 is 17.5 Å². The average Bonchev–Trinajstić information content (AvgIpc) is 3.46. The van der Waals surface area contributed by atoms with Crippen molar-refractivity contribution in [3.05, 3.63) is 24.2 Å². The lowest BCUT2D eigenvalue weighted by atomic mass is 9.70. The summed E-state index contributed by atoms with van der Waals surface area (Å²) in [5.41, 5.74) is 4.46. The van der Waals surface area contributed by atoms with Gasteiger partial charge >= 0.3 is 6.16 Å². The zero-order valence-corrected chi connectivity index (χ0v) is 19.3. The Morgan fingerprint density at radius 2 is 2.15 bits per heavy atom. The highest BCUT2D eigenvalue weighted by atomic mass is 16.7. The number of nitrogens with zero attached hydrogens (tertiary/aromatic N) is 4. The summed E-state index contributed by atoms with van der Waals surface area (Å²) in [6.45, 7) is 6.19. The number of hydrogen-bond acceptors (Lipinski definition) is 10. The topological polar surface area (TPSA) is 165 Å². The third-order valence-corrected chi connectivity index (χ3v) is 8.80. The van der Waals surface area contributed by atoms with E-state index in [-0.39, 0.29) is 28.4 Å². The summed E-state index contributed by atoms with van der Waals surface area (Å²) >= 11 is 0. The van der Waals surface area contributed by atoms with Crippen LogP contribution in [0, 0.1) is 28.1 Å². The van der Waals surface area contributed by atoms with Crippen molar-refractivity contribution < 1.29 is 29.2 Å². The van der Waals surface area contributed by atoms with Crippen molar-refractivity contribution in [1.29, 1.82) is 5.26 Å². The number of aliphatic hydroxyl groups excluding tert-OH is 2. The molecule has 1 saturated heterocycles. The summed E-state index contributed by atoms with van der Waals surface area (Å²) in [7, 11) is 0. The molecule has 7 atom stereocenters. The third-order valence-electron chi connectivity index (χ3n) is 8.80. The highest BCUT2D eigenvalue weighted by Gasteiger charge is 2.63. The van der Waals surface area contributed by atoms with E-state index in [0.717, 1.165) is 19.3 Å². The van der Waals surface area contributed by atoms with Gasteiger partial charge in [-0.2, -0.15) is 10.4 Å². The van der Waals surface area contributed by atoms with Crippen molar-refractivity contribution in [2.45, 2.75) is 70.1 Å². The second-order valence-electron chi connectivity index (χ2n) is 10.4. The van der Waals surface area contributed by atoms with Gasteiger partial charge in [-0.3, -0.25) is 0 Å². The Bertz CT molecular complexity index is 1180. The van der Waals surface area contributed by atoms with Gasteiger partial charge in [0.05, 0.1) is 5.69 Å². The smallest absolute Gasteiger partial charge is 0.431 e. The van der Waals surface area contributed by atoms with Crippen LogP contribution in [0.25, 0.3) is 5.52 Å². The molecule has 3 aliphatic rings. The van der Waals surface area contributed by atoms with Gasteiger partial charge in [0.1, 0.15) is 48.9 Å². The van der Waals surface area contributed by atoms with Crippen LogP contribution in [0.1, 0.15) is 45.7 Å². The van der Waals surface area contributed by atoms with Crippen molar-refractivity contribution in [3.8, 4) is 6.07 Å². The number of hydrogen-bond donors (Lipinski definition) is 3. The maximum Gasteiger partial charge on any atom is 0.508 e. The van der Waals surface area contributed by atoms with Gasteiger partial charge in [0, 0.05) is 5.41 Å². The molecular weight excluding hydrogens is 442 g/mol. The van der Waals surface area contributed by atoms with Crippen LogP contribution in [0.4, 0.5) is 10.6 Å². The molecule has 2 aliphatic carbocycles. The molecular formula is C23H29N5O6. The molecule has 2 saturated carbocycles. The molecule has 1 aliphatic heterocycles. The fourth-order valence-corrected chi connectivity index (χ4v) is 6.16. The van der Waals surface area contributed by atoms with Crippen LogP contribution in [-0.2, 0) is 19.8 Å².